The Labute approximate surface area is 204 Å². The predicted molar refractivity (Wildman–Crippen MR) is 122 cm³/mol. The van der Waals surface area contributed by atoms with E-state index in [-0.39, 0.29) is 41.3 Å². The monoisotopic (exact) mass is 524 g/mol. The second-order valence-electron chi connectivity index (χ2n) is 7.06. The van der Waals surface area contributed by atoms with Crippen LogP contribution in [0.1, 0.15) is 23.2 Å². The summed E-state index contributed by atoms with van der Waals surface area (Å²) in [6, 6.07) is 11.6. The molecule has 3 rings (SSSR count). The number of aryl methyl sites for hydroxylation is 1. The van der Waals surface area contributed by atoms with Crippen molar-refractivity contribution in [1.29, 1.82) is 5.26 Å². The van der Waals surface area contributed by atoms with Crippen LogP contribution in [0.3, 0.4) is 0 Å². The number of thiol groups is 1. The van der Waals surface area contributed by atoms with Gasteiger partial charge in [0.05, 0.1) is 33.7 Å². The molecule has 0 bridgehead atoms. The lowest BCUT2D eigenvalue weighted by molar-refractivity contribution is -0.137. The van der Waals surface area contributed by atoms with Crippen LogP contribution in [0.2, 0.25) is 5.02 Å². The van der Waals surface area contributed by atoms with E-state index < -0.39 is 33.6 Å². The van der Waals surface area contributed by atoms with Gasteiger partial charge in [0.15, 0.2) is 0 Å². The van der Waals surface area contributed by atoms with Crippen LogP contribution in [0.4, 0.5) is 24.5 Å². The average Bonchev–Trinajstić information content (AvgIpc) is 2.79. The third-order valence-electron chi connectivity index (χ3n) is 4.64. The molecular formula is C22H16ClF3N4O4S. The molecule has 182 valence electrons. The Bertz CT molecular complexity index is 1360. The van der Waals surface area contributed by atoms with Crippen molar-refractivity contribution in [2.75, 3.05) is 4.31 Å². The lowest BCUT2D eigenvalue weighted by atomic mass is 10.1. The van der Waals surface area contributed by atoms with Crippen molar-refractivity contribution in [3.05, 3.63) is 76.6 Å². The number of benzene rings is 2. The second kappa shape index (κ2) is 10.6. The maximum absolute atomic E-state index is 13.1. The Morgan fingerprint density at radius 2 is 1.86 bits per heavy atom. The highest BCUT2D eigenvalue weighted by atomic mass is 35.5. The first kappa shape index (κ1) is 25.8. The van der Waals surface area contributed by atoms with Crippen LogP contribution in [0.15, 0.2) is 54.7 Å². The van der Waals surface area contributed by atoms with E-state index in [0.717, 1.165) is 10.4 Å². The molecule has 0 radical (unpaired) electrons. The molecule has 13 heteroatoms. The minimum atomic E-state index is -4.71. The van der Waals surface area contributed by atoms with E-state index >= 15 is 0 Å². The molecule has 2 aromatic carbocycles. The number of pyridine rings is 1. The maximum atomic E-state index is 13.1. The Morgan fingerprint density at radius 1 is 1.14 bits per heavy atom. The van der Waals surface area contributed by atoms with Crippen molar-refractivity contribution in [1.82, 2.24) is 4.98 Å². The Hall–Kier alpha value is -3.82. The largest absolute Gasteiger partial charge is 0.456 e. The highest BCUT2D eigenvalue weighted by Gasteiger charge is 2.33. The number of amides is 1. The topological polar surface area (TPSA) is 126 Å². The zero-order valence-electron chi connectivity index (χ0n) is 17.6. The van der Waals surface area contributed by atoms with Crippen LogP contribution in [-0.2, 0) is 28.3 Å². The quantitative estimate of drug-likeness (QED) is 0.418. The number of carbonyl (C=O) groups excluding carboxylic acids is 1. The van der Waals surface area contributed by atoms with Crippen molar-refractivity contribution in [2.24, 2.45) is 5.73 Å². The normalized spacial score (nSPS) is 11.2. The van der Waals surface area contributed by atoms with E-state index in [0.29, 0.717) is 11.8 Å². The van der Waals surface area contributed by atoms with Gasteiger partial charge in [-0.2, -0.15) is 18.4 Å². The average molecular weight is 525 g/mol. The minimum absolute atomic E-state index is 0.0729. The number of carbonyl (C=O) groups is 1. The van der Waals surface area contributed by atoms with E-state index in [1.54, 1.807) is 0 Å². The summed E-state index contributed by atoms with van der Waals surface area (Å²) in [7, 11) is -3.21. The number of ether oxygens (including phenoxy) is 1. The molecule has 0 fully saturated rings. The molecule has 0 saturated heterocycles. The van der Waals surface area contributed by atoms with Crippen LogP contribution in [0.25, 0.3) is 0 Å². The summed E-state index contributed by atoms with van der Waals surface area (Å²) in [5, 5.41) is 9.02. The number of anilines is 2. The highest BCUT2D eigenvalue weighted by molar-refractivity contribution is 7.74. The summed E-state index contributed by atoms with van der Waals surface area (Å²) in [6.07, 6.45) is -3.06. The molecule has 0 unspecified atom stereocenters. The molecular weight excluding hydrogens is 509 g/mol. The van der Waals surface area contributed by atoms with Gasteiger partial charge in [-0.05, 0) is 55.0 Å². The zero-order valence-corrected chi connectivity index (χ0v) is 19.3. The van der Waals surface area contributed by atoms with Gasteiger partial charge in [-0.25, -0.2) is 12.7 Å². The fraction of sp³-hybridized carbons (Fsp3) is 0.136. The van der Waals surface area contributed by atoms with Gasteiger partial charge < -0.3 is 10.5 Å². The van der Waals surface area contributed by atoms with Crippen molar-refractivity contribution < 1.29 is 31.1 Å². The van der Waals surface area contributed by atoms with Gasteiger partial charge in [-0.15, -0.1) is 0 Å². The number of aromatic nitrogens is 1. The van der Waals surface area contributed by atoms with E-state index in [1.165, 1.54) is 42.6 Å². The van der Waals surface area contributed by atoms with E-state index in [4.69, 9.17) is 22.1 Å². The SMILES string of the molecule is N#Cc1cc(N(c2ccc(CCC(N)=O)nc2)[SH](=O)=O)ccc1Oc1ccc(Cl)c(C(F)(F)F)c1. The van der Waals surface area contributed by atoms with E-state index in [1.807, 2.05) is 6.07 Å². The zero-order chi connectivity index (χ0) is 25.8. The molecule has 35 heavy (non-hydrogen) atoms. The van der Waals surface area contributed by atoms with Crippen LogP contribution in [0.5, 0.6) is 11.5 Å². The van der Waals surface area contributed by atoms with Crippen molar-refractivity contribution >= 4 is 39.8 Å². The number of nitriles is 1. The lowest BCUT2D eigenvalue weighted by Gasteiger charge is -2.19. The lowest BCUT2D eigenvalue weighted by Crippen LogP contribution is -2.15. The molecule has 8 nitrogen and oxygen atoms in total. The van der Waals surface area contributed by atoms with Gasteiger partial charge >= 0.3 is 6.18 Å². The first-order chi connectivity index (χ1) is 16.5. The molecule has 2 N–H and O–H groups in total. The molecule has 0 aliphatic rings. The van der Waals surface area contributed by atoms with Gasteiger partial charge in [-0.1, -0.05) is 11.6 Å². The number of alkyl halides is 3. The fourth-order valence-corrected chi connectivity index (χ4v) is 3.86. The molecule has 1 aromatic heterocycles. The number of halogens is 4. The summed E-state index contributed by atoms with van der Waals surface area (Å²) in [4.78, 5) is 15.0. The summed E-state index contributed by atoms with van der Waals surface area (Å²) < 4.78 is 69.7. The molecule has 0 spiro atoms. The predicted octanol–water partition coefficient (Wildman–Crippen LogP) is 4.50. The van der Waals surface area contributed by atoms with Crippen LogP contribution in [0, 0.1) is 11.3 Å². The Kier molecular flexibility index (Phi) is 7.83. The summed E-state index contributed by atoms with van der Waals surface area (Å²) in [6.45, 7) is 0. The van der Waals surface area contributed by atoms with Crippen LogP contribution < -0.4 is 14.8 Å². The van der Waals surface area contributed by atoms with Crippen molar-refractivity contribution in [2.45, 2.75) is 19.0 Å². The number of rotatable bonds is 8. The molecule has 0 atom stereocenters. The molecule has 0 saturated carbocycles. The van der Waals surface area contributed by atoms with Gasteiger partial charge in [-0.3, -0.25) is 9.78 Å². The van der Waals surface area contributed by atoms with Crippen molar-refractivity contribution in [3.8, 4) is 17.6 Å². The minimum Gasteiger partial charge on any atom is -0.456 e. The molecule has 0 aliphatic carbocycles. The number of nitrogens with two attached hydrogens (primary N) is 1. The summed E-state index contributed by atoms with van der Waals surface area (Å²) >= 11 is 5.61. The molecule has 1 amide bonds. The van der Waals surface area contributed by atoms with E-state index in [2.05, 4.69) is 4.98 Å². The first-order valence-electron chi connectivity index (χ1n) is 9.76. The van der Waals surface area contributed by atoms with Crippen LogP contribution in [-0.4, -0.2) is 19.3 Å². The standard InChI is InChI=1S/C22H16ClF3N4O4S/c23-19-6-5-17(10-18(19)22(24,25)26)34-20-7-4-15(9-13(20)11-27)30(35(32)33)16-3-1-14(29-12-16)2-8-21(28)31/h1,3-7,9-10,12,35H,2,8H2,(H2,28,31). The van der Waals surface area contributed by atoms with Gasteiger partial charge in [0.25, 0.3) is 0 Å². The second-order valence-corrected chi connectivity index (χ2v) is 8.34. The third-order valence-corrected chi connectivity index (χ3v) is 5.76. The smallest absolute Gasteiger partial charge is 0.417 e. The summed E-state index contributed by atoms with van der Waals surface area (Å²) in [5.41, 5.74) is 4.64. The van der Waals surface area contributed by atoms with Crippen LogP contribution >= 0.6 is 11.6 Å². The Morgan fingerprint density at radius 3 is 2.43 bits per heavy atom. The number of hydrogen-bond acceptors (Lipinski definition) is 6. The first-order valence-corrected chi connectivity index (χ1v) is 11.3. The highest BCUT2D eigenvalue weighted by Crippen LogP contribution is 2.38. The number of hydrogen-bond donors (Lipinski definition) is 2. The molecule has 1 heterocycles. The fourth-order valence-electron chi connectivity index (χ4n) is 3.02. The van der Waals surface area contributed by atoms with E-state index in [9.17, 15) is 31.6 Å². The number of primary amides is 1. The van der Waals surface area contributed by atoms with Gasteiger partial charge in [0.1, 0.15) is 17.6 Å². The Balaban J connectivity index is 1.91. The van der Waals surface area contributed by atoms with Crippen molar-refractivity contribution in [3.63, 3.8) is 0 Å². The maximum Gasteiger partial charge on any atom is 0.417 e. The molecule has 0 aliphatic heterocycles. The summed E-state index contributed by atoms with van der Waals surface area (Å²) in [5.74, 6) is -0.805. The van der Waals surface area contributed by atoms with Gasteiger partial charge in [0, 0.05) is 12.1 Å². The molecule has 3 aromatic rings. The third kappa shape index (κ3) is 6.40. The number of nitrogens with zero attached hydrogens (tertiary/aromatic N) is 3. The van der Waals surface area contributed by atoms with Gasteiger partial charge in [0.2, 0.25) is 16.8 Å².